The number of hydrogen-bond donors (Lipinski definition) is 3. The second kappa shape index (κ2) is 4.13. The van der Waals surface area contributed by atoms with Gasteiger partial charge < -0.3 is 5.32 Å². The van der Waals surface area contributed by atoms with Crippen molar-refractivity contribution in [2.45, 2.75) is 0 Å². The number of carbonyl (C=O) groups excluding carboxylic acids is 1. The molecule has 0 spiro atoms. The molecule has 1 rings (SSSR count). The molecule has 0 fully saturated rings. The summed E-state index contributed by atoms with van der Waals surface area (Å²) in [4.78, 5) is 10.6. The van der Waals surface area contributed by atoms with Gasteiger partial charge in [-0.2, -0.15) is 0 Å². The van der Waals surface area contributed by atoms with Gasteiger partial charge in [0.05, 0.1) is 0 Å². The number of anilines is 1. The predicted molar refractivity (Wildman–Crippen MR) is 42.6 cm³/mol. The molecule has 4 N–H and O–H groups in total. The Morgan fingerprint density at radius 3 is 2.00 bits per heavy atom. The molecule has 2 amide bonds. The van der Waals surface area contributed by atoms with Crippen LogP contribution >= 0.6 is 0 Å². The van der Waals surface area contributed by atoms with E-state index in [9.17, 15) is 22.4 Å². The lowest BCUT2D eigenvalue weighted by atomic mass is 10.2. The summed E-state index contributed by atoms with van der Waals surface area (Å²) < 4.78 is 50.9. The van der Waals surface area contributed by atoms with E-state index in [2.05, 4.69) is 5.84 Å². The number of urea groups is 1. The highest BCUT2D eigenvalue weighted by Gasteiger charge is 2.20. The van der Waals surface area contributed by atoms with Crippen molar-refractivity contribution >= 4 is 11.7 Å². The lowest BCUT2D eigenvalue weighted by Crippen LogP contribution is -2.35. The minimum atomic E-state index is -1.71. The SMILES string of the molecule is NNC(=O)Nc1c(F)c(F)cc(F)c1F. The number of hydrogen-bond acceptors (Lipinski definition) is 2. The van der Waals surface area contributed by atoms with Crippen molar-refractivity contribution in [3.05, 3.63) is 29.3 Å². The van der Waals surface area contributed by atoms with E-state index in [4.69, 9.17) is 0 Å². The van der Waals surface area contributed by atoms with Gasteiger partial charge in [-0.05, 0) is 0 Å². The maximum atomic E-state index is 12.9. The van der Waals surface area contributed by atoms with Crippen LogP contribution in [0.4, 0.5) is 28.0 Å². The molecule has 0 aliphatic rings. The monoisotopic (exact) mass is 223 g/mol. The molecule has 82 valence electrons. The van der Waals surface area contributed by atoms with Crippen molar-refractivity contribution in [2.75, 3.05) is 5.32 Å². The molecule has 15 heavy (non-hydrogen) atoms. The maximum Gasteiger partial charge on any atom is 0.333 e. The lowest BCUT2D eigenvalue weighted by Gasteiger charge is -2.07. The topological polar surface area (TPSA) is 67.1 Å². The van der Waals surface area contributed by atoms with Crippen LogP contribution in [-0.4, -0.2) is 6.03 Å². The van der Waals surface area contributed by atoms with Gasteiger partial charge in [0, 0.05) is 6.07 Å². The Kier molecular flexibility index (Phi) is 3.10. The van der Waals surface area contributed by atoms with E-state index in [1.54, 1.807) is 0 Å². The van der Waals surface area contributed by atoms with Gasteiger partial charge in [-0.15, -0.1) is 0 Å². The lowest BCUT2D eigenvalue weighted by molar-refractivity contribution is 0.252. The van der Waals surface area contributed by atoms with Crippen molar-refractivity contribution in [1.29, 1.82) is 0 Å². The number of amides is 2. The normalized spacial score (nSPS) is 9.93. The van der Waals surface area contributed by atoms with Crippen molar-refractivity contribution in [2.24, 2.45) is 5.84 Å². The van der Waals surface area contributed by atoms with Crippen LogP contribution in [0.1, 0.15) is 0 Å². The van der Waals surface area contributed by atoms with E-state index >= 15 is 0 Å². The number of nitrogens with two attached hydrogens (primary N) is 1. The number of hydrazine groups is 1. The van der Waals surface area contributed by atoms with Crippen molar-refractivity contribution in [1.82, 2.24) is 5.43 Å². The molecule has 0 unspecified atom stereocenters. The Bertz CT molecular complexity index is 383. The standard InChI is InChI=1S/C7H5F4N3O/c8-2-1-3(9)5(11)6(4(2)10)13-7(15)14-12/h1H,12H2,(H2,13,14,15). The van der Waals surface area contributed by atoms with Gasteiger partial charge in [0.15, 0.2) is 23.3 Å². The third-order valence-corrected chi connectivity index (χ3v) is 1.48. The summed E-state index contributed by atoms with van der Waals surface area (Å²) in [7, 11) is 0. The Morgan fingerprint density at radius 1 is 1.13 bits per heavy atom. The van der Waals surface area contributed by atoms with Crippen molar-refractivity contribution < 1.29 is 22.4 Å². The molecule has 0 atom stereocenters. The first kappa shape index (κ1) is 11.2. The summed E-state index contributed by atoms with van der Waals surface area (Å²) in [5, 5.41) is 1.50. The van der Waals surface area contributed by atoms with E-state index in [-0.39, 0.29) is 6.07 Å². The Morgan fingerprint density at radius 2 is 1.60 bits per heavy atom. The second-order valence-corrected chi connectivity index (χ2v) is 2.44. The van der Waals surface area contributed by atoms with Crippen LogP contribution in [0.2, 0.25) is 0 Å². The minimum Gasteiger partial charge on any atom is -0.302 e. The molecule has 1 aromatic carbocycles. The van der Waals surface area contributed by atoms with Crippen LogP contribution in [-0.2, 0) is 0 Å². The number of halogens is 4. The first-order valence-corrected chi connectivity index (χ1v) is 3.58. The number of nitrogens with one attached hydrogen (secondary N) is 2. The maximum absolute atomic E-state index is 12.9. The summed E-state index contributed by atoms with van der Waals surface area (Å²) in [6.45, 7) is 0. The molecule has 0 aliphatic heterocycles. The molecule has 0 aliphatic carbocycles. The summed E-state index contributed by atoms with van der Waals surface area (Å²) in [5.41, 5.74) is 0.238. The molecule has 0 heterocycles. The highest BCUT2D eigenvalue weighted by atomic mass is 19.2. The van der Waals surface area contributed by atoms with E-state index in [1.165, 1.54) is 10.7 Å². The third kappa shape index (κ3) is 2.15. The van der Waals surface area contributed by atoms with Crippen molar-refractivity contribution in [3.63, 3.8) is 0 Å². The quantitative estimate of drug-likeness (QED) is 0.220. The van der Waals surface area contributed by atoms with Gasteiger partial charge in [-0.3, -0.25) is 5.43 Å². The van der Waals surface area contributed by atoms with Crippen molar-refractivity contribution in [3.8, 4) is 0 Å². The predicted octanol–water partition coefficient (Wildman–Crippen LogP) is 1.24. The smallest absolute Gasteiger partial charge is 0.302 e. The zero-order chi connectivity index (χ0) is 11.6. The summed E-state index contributed by atoms with van der Waals surface area (Å²) in [5.74, 6) is -2.07. The fourth-order valence-electron chi connectivity index (χ4n) is 0.833. The molecule has 4 nitrogen and oxygen atoms in total. The molecule has 0 aromatic heterocycles. The Labute approximate surface area is 81.0 Å². The molecule has 0 bridgehead atoms. The first-order chi connectivity index (χ1) is 6.97. The second-order valence-electron chi connectivity index (χ2n) is 2.44. The van der Waals surface area contributed by atoms with E-state index in [0.29, 0.717) is 0 Å². The van der Waals surface area contributed by atoms with Gasteiger partial charge in [-0.1, -0.05) is 0 Å². The molecular formula is C7H5F4N3O. The van der Waals surface area contributed by atoms with Gasteiger partial charge >= 0.3 is 6.03 Å². The summed E-state index contributed by atoms with van der Waals surface area (Å²) in [6.07, 6.45) is 0. The molecule has 0 radical (unpaired) electrons. The largest absolute Gasteiger partial charge is 0.333 e. The zero-order valence-corrected chi connectivity index (χ0v) is 7.07. The van der Waals surface area contributed by atoms with Gasteiger partial charge in [0.2, 0.25) is 0 Å². The minimum absolute atomic E-state index is 0.0240. The highest BCUT2D eigenvalue weighted by Crippen LogP contribution is 2.23. The third-order valence-electron chi connectivity index (χ3n) is 1.48. The number of rotatable bonds is 1. The van der Waals surface area contributed by atoms with E-state index in [1.807, 2.05) is 0 Å². The van der Waals surface area contributed by atoms with E-state index < -0.39 is 35.0 Å². The van der Waals surface area contributed by atoms with Crippen LogP contribution in [0.25, 0.3) is 0 Å². The molecule has 0 saturated carbocycles. The number of carbonyl (C=O) groups is 1. The van der Waals surface area contributed by atoms with Crippen LogP contribution in [0.5, 0.6) is 0 Å². The zero-order valence-electron chi connectivity index (χ0n) is 7.07. The van der Waals surface area contributed by atoms with Gasteiger partial charge in [0.1, 0.15) is 5.69 Å². The molecular weight excluding hydrogens is 218 g/mol. The fraction of sp³-hybridized carbons (Fsp3) is 0. The van der Waals surface area contributed by atoms with Crippen LogP contribution in [0, 0.1) is 23.3 Å². The number of benzene rings is 1. The first-order valence-electron chi connectivity index (χ1n) is 3.58. The fourth-order valence-corrected chi connectivity index (χ4v) is 0.833. The molecule has 1 aromatic rings. The van der Waals surface area contributed by atoms with Crippen LogP contribution in [0.3, 0.4) is 0 Å². The summed E-state index contributed by atoms with van der Waals surface area (Å²) in [6, 6.07) is -1.19. The highest BCUT2D eigenvalue weighted by molar-refractivity contribution is 5.89. The van der Waals surface area contributed by atoms with Gasteiger partial charge in [0.25, 0.3) is 0 Å². The molecule has 0 saturated heterocycles. The Hall–Kier alpha value is -1.83. The van der Waals surface area contributed by atoms with Crippen LogP contribution in [0.15, 0.2) is 6.07 Å². The van der Waals surface area contributed by atoms with Gasteiger partial charge in [-0.25, -0.2) is 28.2 Å². The average Bonchev–Trinajstić information content (AvgIpc) is 2.21. The van der Waals surface area contributed by atoms with E-state index in [0.717, 1.165) is 0 Å². The molecule has 8 heteroatoms. The Balaban J connectivity index is 3.21. The average molecular weight is 223 g/mol. The van der Waals surface area contributed by atoms with Crippen LogP contribution < -0.4 is 16.6 Å². The summed E-state index contributed by atoms with van der Waals surface area (Å²) >= 11 is 0.